The number of carbonyl (C=O) groups excluding carboxylic acids is 2. The predicted molar refractivity (Wildman–Crippen MR) is 289 cm³/mol. The minimum Gasteiger partial charge on any atom is -0.395 e. The van der Waals surface area contributed by atoms with Gasteiger partial charge in [0.1, 0.15) is 0 Å². The van der Waals surface area contributed by atoms with Crippen molar-refractivity contribution in [2.45, 2.75) is 161 Å². The topological polar surface area (TPSA) is 232 Å². The molecule has 2 aliphatic heterocycles. The van der Waals surface area contributed by atoms with Crippen molar-refractivity contribution in [3.63, 3.8) is 0 Å². The summed E-state index contributed by atoms with van der Waals surface area (Å²) in [6.45, 7) is 45.4. The summed E-state index contributed by atoms with van der Waals surface area (Å²) in [4.78, 5) is 45.1. The summed E-state index contributed by atoms with van der Waals surface area (Å²) in [6.07, 6.45) is 3.79. The molecule has 416 valence electrons. The van der Waals surface area contributed by atoms with Gasteiger partial charge in [-0.25, -0.2) is 0 Å². The number of ketones is 2. The van der Waals surface area contributed by atoms with E-state index in [0.29, 0.717) is 72.3 Å². The average molecular weight is 1180 g/mol. The second kappa shape index (κ2) is 33.4. The molecule has 0 amide bonds. The van der Waals surface area contributed by atoms with Crippen LogP contribution in [-0.4, -0.2) is 168 Å². The molecule has 2 aliphatic rings. The van der Waals surface area contributed by atoms with Gasteiger partial charge in [-0.05, 0) is 119 Å². The Kier molecular flexibility index (Phi) is 34.5. The Labute approximate surface area is 432 Å². The molecule has 2 unspecified atom stereocenters. The molecule has 0 aliphatic carbocycles. The number of hydrogen-bond acceptors (Lipinski definition) is 21. The third-order valence-corrected chi connectivity index (χ3v) is 41.4. The van der Waals surface area contributed by atoms with E-state index in [-0.39, 0.29) is 11.6 Å². The third-order valence-electron chi connectivity index (χ3n) is 8.38. The predicted octanol–water partition coefficient (Wildman–Crippen LogP) is 7.39. The van der Waals surface area contributed by atoms with E-state index in [9.17, 15) is 19.2 Å². The number of rotatable bonds is 26. The SMILES string of the molecule is CCC(=O)C=C[Si](C)(C)O[Si]12O[Si](C)(O)O[Si](C)(C)O[Si](C)(O[Si](C)(C)O[Si](C)(O)O1)O2.CCO[Si](C)(OCC)OCC.CCO[Si](C)(OCC)OCC.CCO[Si](C=CC(=O)CC)(OCC)OCC. The Morgan fingerprint density at radius 3 is 0.986 bits per heavy atom. The third kappa shape index (κ3) is 30.7. The standard InChI is InChI=1S/C14H36O11Si7.C11H22O4Si.2C7H18O3Si/c1-11-14(15)12-13-26(2,3)18-32-23-29(8,16)19-27(4,5)21-31(10,25-32)22-28(6,7)20-30(9,17)24-32;1-5-11(12)9-10-16(13-6-2,14-7-3)15-8-4;2*1-5-8-11(4,9-6-2)10-7-3/h12-13,16-17H,11H2,1-10H3;9-10H,5-8H2,1-4H3;2*5-7H2,1-4H3. The number of fused-ring (bicyclic) bond motifs is 2. The molecule has 2 bridgehead atoms. The molecule has 2 N–H and O–H groups in total. The molecule has 0 radical (unpaired) electrons. The average Bonchev–Trinajstić information content (AvgIpc) is 3.17. The highest BCUT2D eigenvalue weighted by molar-refractivity contribution is 6.96. The molecule has 0 aromatic rings. The van der Waals surface area contributed by atoms with Crippen molar-refractivity contribution in [1.29, 1.82) is 0 Å². The van der Waals surface area contributed by atoms with Crippen LogP contribution < -0.4 is 0 Å². The molecule has 2 fully saturated rings. The van der Waals surface area contributed by atoms with Crippen molar-refractivity contribution in [3.05, 3.63) is 23.6 Å². The molecule has 0 saturated carbocycles. The van der Waals surface area contributed by atoms with Crippen molar-refractivity contribution in [1.82, 2.24) is 0 Å². The summed E-state index contributed by atoms with van der Waals surface area (Å²) in [5, 5.41) is 0. The molecule has 2 rings (SSSR count). The minimum absolute atomic E-state index is 0.0518. The van der Waals surface area contributed by atoms with E-state index in [1.54, 1.807) is 51.1 Å². The van der Waals surface area contributed by atoms with Crippen molar-refractivity contribution in [3.8, 4) is 0 Å². The van der Waals surface area contributed by atoms with Crippen LogP contribution in [0.15, 0.2) is 23.6 Å². The van der Waals surface area contributed by atoms with Gasteiger partial charge in [-0.15, -0.1) is 0 Å². The highest BCUT2D eigenvalue weighted by atomic mass is 28.6. The fourth-order valence-corrected chi connectivity index (χ4v) is 42.8. The van der Waals surface area contributed by atoms with Gasteiger partial charge in [0.25, 0.3) is 0 Å². The molecule has 2 heterocycles. The van der Waals surface area contributed by atoms with Crippen molar-refractivity contribution in [2.24, 2.45) is 0 Å². The van der Waals surface area contributed by atoms with E-state index >= 15 is 0 Å². The van der Waals surface area contributed by atoms with Crippen LogP contribution in [-0.2, 0) is 82.3 Å². The van der Waals surface area contributed by atoms with Crippen molar-refractivity contribution < 1.29 is 91.9 Å². The van der Waals surface area contributed by atoms with Gasteiger partial charge in [0.2, 0.25) is 8.32 Å². The van der Waals surface area contributed by atoms with Gasteiger partial charge in [0.15, 0.2) is 11.6 Å². The Balaban J connectivity index is 0. The lowest BCUT2D eigenvalue weighted by molar-refractivity contribution is -0.115. The highest BCUT2D eigenvalue weighted by Gasteiger charge is 2.70. The summed E-state index contributed by atoms with van der Waals surface area (Å²) in [5.41, 5.74) is 3.36. The quantitative estimate of drug-likeness (QED) is 0.0635. The van der Waals surface area contributed by atoms with E-state index in [0.717, 1.165) is 0 Å². The summed E-state index contributed by atoms with van der Waals surface area (Å²) >= 11 is 0. The normalized spacial score (nSPS) is 25.0. The zero-order valence-electron chi connectivity index (χ0n) is 46.7. The van der Waals surface area contributed by atoms with Crippen LogP contribution in [0.5, 0.6) is 0 Å². The van der Waals surface area contributed by atoms with Crippen LogP contribution in [0.25, 0.3) is 0 Å². The first-order chi connectivity index (χ1) is 32.1. The molecule has 0 aromatic heterocycles. The zero-order chi connectivity index (χ0) is 54.8. The van der Waals surface area contributed by atoms with E-state index in [1.165, 1.54) is 25.2 Å². The van der Waals surface area contributed by atoms with Gasteiger partial charge in [-0.3, -0.25) is 9.59 Å². The van der Waals surface area contributed by atoms with Gasteiger partial charge < -0.3 is 82.3 Å². The van der Waals surface area contributed by atoms with E-state index in [2.05, 4.69) is 0 Å². The maximum absolute atomic E-state index is 11.8. The number of hydrogen-bond donors (Lipinski definition) is 2. The fourth-order valence-electron chi connectivity index (χ4n) is 6.54. The number of allylic oxidation sites excluding steroid dienone is 2. The van der Waals surface area contributed by atoms with Crippen LogP contribution in [0.2, 0.25) is 72.0 Å². The Morgan fingerprint density at radius 1 is 0.429 bits per heavy atom. The summed E-state index contributed by atoms with van der Waals surface area (Å²) in [6, 6.07) is 0. The first-order valence-electron chi connectivity index (χ1n) is 24.4. The molecule has 2 atom stereocenters. The minimum atomic E-state index is -4.36. The molecule has 0 spiro atoms. The van der Waals surface area contributed by atoms with Crippen molar-refractivity contribution >= 4 is 98.9 Å². The lowest BCUT2D eigenvalue weighted by Gasteiger charge is -2.51. The Bertz CT molecular complexity index is 1430. The molecule has 21 nitrogen and oxygen atoms in total. The second-order valence-electron chi connectivity index (χ2n) is 16.9. The maximum Gasteiger partial charge on any atom is 0.646 e. The summed E-state index contributed by atoms with van der Waals surface area (Å²) in [7, 11) is -31.7. The monoisotopic (exact) mass is 1180 g/mol. The number of carbonyl (C=O) groups is 2. The van der Waals surface area contributed by atoms with Crippen LogP contribution in [0.3, 0.4) is 0 Å². The summed E-state index contributed by atoms with van der Waals surface area (Å²) < 4.78 is 98.3. The second-order valence-corrected chi connectivity index (χ2v) is 46.5. The first-order valence-corrected chi connectivity index (χ1v) is 47.6. The van der Waals surface area contributed by atoms with E-state index in [1.807, 2.05) is 95.4 Å². The lowest BCUT2D eigenvalue weighted by atomic mass is 10.3. The molecular weight excluding hydrogens is 1090 g/mol. The first kappa shape index (κ1) is 72.3. The van der Waals surface area contributed by atoms with E-state index < -0.39 is 87.3 Å². The zero-order valence-corrected chi connectivity index (χ0v) is 56.7. The summed E-state index contributed by atoms with van der Waals surface area (Å²) in [5.74, 6) is -0.0109. The van der Waals surface area contributed by atoms with Gasteiger partial charge in [0, 0.05) is 105 Å². The van der Waals surface area contributed by atoms with Crippen LogP contribution >= 0.6 is 0 Å². The van der Waals surface area contributed by atoms with Gasteiger partial charge in [-0.2, -0.15) is 0 Å². The van der Waals surface area contributed by atoms with Crippen LogP contribution in [0.4, 0.5) is 0 Å². The van der Waals surface area contributed by atoms with E-state index in [4.69, 9.17) is 72.8 Å². The van der Waals surface area contributed by atoms with Gasteiger partial charge in [-0.1, -0.05) is 19.5 Å². The fraction of sp³-hybridized carbons (Fsp3) is 0.846. The largest absolute Gasteiger partial charge is 0.646 e. The van der Waals surface area contributed by atoms with Crippen molar-refractivity contribution in [2.75, 3.05) is 59.5 Å². The lowest BCUT2D eigenvalue weighted by Crippen LogP contribution is -2.77. The molecule has 31 heteroatoms. The Hall–Kier alpha value is 0.229. The van der Waals surface area contributed by atoms with Crippen LogP contribution in [0.1, 0.15) is 89.0 Å². The van der Waals surface area contributed by atoms with Gasteiger partial charge in [0.05, 0.1) is 0 Å². The smallest absolute Gasteiger partial charge is 0.395 e. The molecule has 0 aromatic carbocycles. The van der Waals surface area contributed by atoms with Gasteiger partial charge >= 0.3 is 79.0 Å². The highest BCUT2D eigenvalue weighted by Crippen LogP contribution is 2.38. The molecule has 2 saturated heterocycles. The maximum atomic E-state index is 11.8. The molecular formula is C39H94O21Si10. The van der Waals surface area contributed by atoms with Crippen LogP contribution in [0, 0.1) is 0 Å². The Morgan fingerprint density at radius 2 is 0.714 bits per heavy atom. The molecule has 70 heavy (non-hydrogen) atoms.